The lowest BCUT2D eigenvalue weighted by Crippen LogP contribution is -2.28. The monoisotopic (exact) mass is 290 g/mol. The molecular formula is C14H22N6O. The number of tetrazole rings is 1. The fraction of sp³-hybridized carbons (Fsp3) is 0.571. The van der Waals surface area contributed by atoms with Crippen molar-refractivity contribution in [1.82, 2.24) is 25.1 Å². The molecule has 7 nitrogen and oxygen atoms in total. The third-order valence-corrected chi connectivity index (χ3v) is 3.14. The predicted molar refractivity (Wildman–Crippen MR) is 81.7 cm³/mol. The molecule has 1 aromatic rings. The highest BCUT2D eigenvalue weighted by molar-refractivity contribution is 5.83. The molecule has 0 aromatic carbocycles. The lowest BCUT2D eigenvalue weighted by Gasteiger charge is -2.16. The van der Waals surface area contributed by atoms with Gasteiger partial charge in [0.25, 0.3) is 0 Å². The molecule has 0 amide bonds. The molecule has 0 saturated carbocycles. The molecular weight excluding hydrogens is 268 g/mol. The van der Waals surface area contributed by atoms with Crippen LogP contribution >= 0.6 is 0 Å². The van der Waals surface area contributed by atoms with E-state index < -0.39 is 6.10 Å². The maximum absolute atomic E-state index is 9.99. The first-order valence-electron chi connectivity index (χ1n) is 7.19. The Bertz CT molecular complexity index is 510. The Kier molecular flexibility index (Phi) is 5.77. The Morgan fingerprint density at radius 1 is 1.38 bits per heavy atom. The SMILES string of the molecule is CC(C)=N/C(=C\C=C\C(O)CN1CCCC1)n1cnnn1. The van der Waals surface area contributed by atoms with Crippen LogP contribution in [-0.2, 0) is 0 Å². The average molecular weight is 290 g/mol. The number of hydrogen-bond donors (Lipinski definition) is 1. The van der Waals surface area contributed by atoms with Crippen LogP contribution in [0.1, 0.15) is 26.7 Å². The van der Waals surface area contributed by atoms with Gasteiger partial charge in [0.15, 0.2) is 5.82 Å². The quantitative estimate of drug-likeness (QED) is 0.623. The van der Waals surface area contributed by atoms with E-state index in [1.54, 1.807) is 18.2 Å². The van der Waals surface area contributed by atoms with Gasteiger partial charge < -0.3 is 10.0 Å². The van der Waals surface area contributed by atoms with Gasteiger partial charge in [-0.3, -0.25) is 0 Å². The number of nitrogens with zero attached hydrogens (tertiary/aromatic N) is 6. The van der Waals surface area contributed by atoms with Gasteiger partial charge in [-0.25, -0.2) is 4.99 Å². The van der Waals surface area contributed by atoms with E-state index in [-0.39, 0.29) is 0 Å². The fourth-order valence-corrected chi connectivity index (χ4v) is 2.22. The van der Waals surface area contributed by atoms with Crippen molar-refractivity contribution >= 4 is 11.5 Å². The van der Waals surface area contributed by atoms with Gasteiger partial charge in [-0.15, -0.1) is 5.10 Å². The topological polar surface area (TPSA) is 79.4 Å². The maximum atomic E-state index is 9.99. The van der Waals surface area contributed by atoms with Gasteiger partial charge in [0.1, 0.15) is 6.33 Å². The Balaban J connectivity index is 1.98. The van der Waals surface area contributed by atoms with E-state index in [0.29, 0.717) is 12.4 Å². The lowest BCUT2D eigenvalue weighted by molar-refractivity contribution is 0.163. The van der Waals surface area contributed by atoms with Crippen molar-refractivity contribution < 1.29 is 5.11 Å². The number of aromatic nitrogens is 4. The first kappa shape index (κ1) is 15.5. The number of allylic oxidation sites excluding steroid dienone is 2. The number of aliphatic imine (C=N–C) groups is 1. The summed E-state index contributed by atoms with van der Waals surface area (Å²) in [5, 5.41) is 21.0. The predicted octanol–water partition coefficient (Wildman–Crippen LogP) is 0.965. The van der Waals surface area contributed by atoms with Crippen LogP contribution < -0.4 is 0 Å². The molecule has 1 aliphatic heterocycles. The van der Waals surface area contributed by atoms with Crippen molar-refractivity contribution in [1.29, 1.82) is 0 Å². The zero-order valence-electron chi connectivity index (χ0n) is 12.6. The number of β-amino-alcohol motifs (C(OH)–C–C–N with tert-alkyl or cyclic N) is 1. The third-order valence-electron chi connectivity index (χ3n) is 3.14. The van der Waals surface area contributed by atoms with E-state index in [9.17, 15) is 5.11 Å². The van der Waals surface area contributed by atoms with E-state index in [2.05, 4.69) is 25.4 Å². The molecule has 0 bridgehead atoms. The van der Waals surface area contributed by atoms with Gasteiger partial charge in [-0.1, -0.05) is 12.2 Å². The number of aliphatic hydroxyl groups excluding tert-OH is 1. The van der Waals surface area contributed by atoms with Crippen LogP contribution in [0, 0.1) is 0 Å². The van der Waals surface area contributed by atoms with Crippen LogP contribution in [0.5, 0.6) is 0 Å². The largest absolute Gasteiger partial charge is 0.388 e. The second-order valence-corrected chi connectivity index (χ2v) is 5.30. The molecule has 1 aliphatic rings. The number of rotatable bonds is 6. The van der Waals surface area contributed by atoms with E-state index in [1.165, 1.54) is 23.9 Å². The van der Waals surface area contributed by atoms with Crippen LogP contribution in [0.4, 0.5) is 0 Å². The Labute approximate surface area is 124 Å². The molecule has 2 heterocycles. The zero-order valence-corrected chi connectivity index (χ0v) is 12.6. The molecule has 21 heavy (non-hydrogen) atoms. The summed E-state index contributed by atoms with van der Waals surface area (Å²) in [5.74, 6) is 0.615. The standard InChI is InChI=1S/C14H22N6O/c1-12(2)16-14(20-11-15-17-18-20)7-5-6-13(21)10-19-8-3-4-9-19/h5-7,11,13,21H,3-4,8-10H2,1-2H3/b6-5+,14-7+. The van der Waals surface area contributed by atoms with Gasteiger partial charge in [0.05, 0.1) is 6.10 Å². The van der Waals surface area contributed by atoms with Crippen LogP contribution in [0.25, 0.3) is 5.82 Å². The molecule has 0 radical (unpaired) electrons. The summed E-state index contributed by atoms with van der Waals surface area (Å²) in [6.07, 6.45) is 8.83. The van der Waals surface area contributed by atoms with Crippen LogP contribution in [0.15, 0.2) is 29.5 Å². The van der Waals surface area contributed by atoms with Gasteiger partial charge in [0.2, 0.25) is 0 Å². The minimum Gasteiger partial charge on any atom is -0.388 e. The Morgan fingerprint density at radius 2 is 2.14 bits per heavy atom. The van der Waals surface area contributed by atoms with Crippen LogP contribution in [0.3, 0.4) is 0 Å². The Morgan fingerprint density at radius 3 is 2.76 bits per heavy atom. The number of likely N-dealkylation sites (tertiary alicyclic amines) is 1. The summed E-state index contributed by atoms with van der Waals surface area (Å²) in [4.78, 5) is 6.65. The molecule has 1 aromatic heterocycles. The highest BCUT2D eigenvalue weighted by Gasteiger charge is 2.13. The molecule has 1 N–H and O–H groups in total. The molecule has 0 spiro atoms. The van der Waals surface area contributed by atoms with E-state index in [1.807, 2.05) is 13.8 Å². The molecule has 1 saturated heterocycles. The van der Waals surface area contributed by atoms with Gasteiger partial charge in [0, 0.05) is 12.3 Å². The summed E-state index contributed by atoms with van der Waals surface area (Å²) in [5.41, 5.74) is 0.905. The molecule has 1 fully saturated rings. The van der Waals surface area contributed by atoms with Crippen LogP contribution in [0.2, 0.25) is 0 Å². The maximum Gasteiger partial charge on any atom is 0.156 e. The van der Waals surface area contributed by atoms with Crippen LogP contribution in [-0.4, -0.2) is 61.7 Å². The summed E-state index contributed by atoms with van der Waals surface area (Å²) >= 11 is 0. The summed E-state index contributed by atoms with van der Waals surface area (Å²) < 4.78 is 1.49. The highest BCUT2D eigenvalue weighted by Crippen LogP contribution is 2.08. The third kappa shape index (κ3) is 5.20. The summed E-state index contributed by atoms with van der Waals surface area (Å²) in [6.45, 7) is 6.65. The smallest absolute Gasteiger partial charge is 0.156 e. The summed E-state index contributed by atoms with van der Waals surface area (Å²) in [7, 11) is 0. The van der Waals surface area contributed by atoms with Gasteiger partial charge in [-0.2, -0.15) is 4.68 Å². The Hall–Kier alpha value is -1.86. The minimum absolute atomic E-state index is 0.471. The van der Waals surface area contributed by atoms with Gasteiger partial charge >= 0.3 is 0 Å². The first-order valence-corrected chi connectivity index (χ1v) is 7.19. The fourth-order valence-electron chi connectivity index (χ4n) is 2.22. The first-order chi connectivity index (χ1) is 10.1. The van der Waals surface area contributed by atoms with Crippen molar-refractivity contribution in [3.05, 3.63) is 24.6 Å². The number of hydrogen-bond acceptors (Lipinski definition) is 6. The number of aliphatic hydroxyl groups is 1. The van der Waals surface area contributed by atoms with Crippen molar-refractivity contribution in [3.63, 3.8) is 0 Å². The van der Waals surface area contributed by atoms with Crippen molar-refractivity contribution in [3.8, 4) is 0 Å². The van der Waals surface area contributed by atoms with Crippen molar-refractivity contribution in [2.75, 3.05) is 19.6 Å². The zero-order chi connectivity index (χ0) is 15.1. The second-order valence-electron chi connectivity index (χ2n) is 5.30. The molecule has 114 valence electrons. The summed E-state index contributed by atoms with van der Waals surface area (Å²) in [6, 6.07) is 0. The molecule has 0 aliphatic carbocycles. The highest BCUT2D eigenvalue weighted by atomic mass is 16.3. The second kappa shape index (κ2) is 7.80. The molecule has 1 unspecified atom stereocenters. The van der Waals surface area contributed by atoms with E-state index in [0.717, 1.165) is 18.8 Å². The van der Waals surface area contributed by atoms with E-state index >= 15 is 0 Å². The average Bonchev–Trinajstić information content (AvgIpc) is 3.09. The van der Waals surface area contributed by atoms with E-state index in [4.69, 9.17) is 0 Å². The molecule has 1 atom stereocenters. The lowest BCUT2D eigenvalue weighted by atomic mass is 10.3. The van der Waals surface area contributed by atoms with Crippen molar-refractivity contribution in [2.24, 2.45) is 4.99 Å². The molecule has 2 rings (SSSR count). The normalized spacial score (nSPS) is 18.3. The van der Waals surface area contributed by atoms with Crippen molar-refractivity contribution in [2.45, 2.75) is 32.8 Å². The molecule has 7 heteroatoms. The minimum atomic E-state index is -0.471. The van der Waals surface area contributed by atoms with Gasteiger partial charge in [-0.05, 0) is 56.3 Å².